The number of fused-ring (bicyclic) bond motifs is 1. The summed E-state index contributed by atoms with van der Waals surface area (Å²) in [5, 5.41) is 2.42. The van der Waals surface area contributed by atoms with Gasteiger partial charge in [-0.1, -0.05) is 12.1 Å². The van der Waals surface area contributed by atoms with Crippen molar-refractivity contribution in [2.75, 3.05) is 32.8 Å². The molecule has 152 valence electrons. The quantitative estimate of drug-likeness (QED) is 0.677. The van der Waals surface area contributed by atoms with Crippen molar-refractivity contribution >= 4 is 27.6 Å². The number of halogens is 1. The molecule has 0 spiro atoms. The second kappa shape index (κ2) is 8.30. The third-order valence-electron chi connectivity index (χ3n) is 5.06. The number of nitrogens with one attached hydrogen (secondary N) is 2. The topological polar surface area (TPSA) is 79.7 Å². The zero-order chi connectivity index (χ0) is 20.4. The fraction of sp³-hybridized carbons (Fsp3) is 0.350. The van der Waals surface area contributed by atoms with Gasteiger partial charge >= 0.3 is 6.09 Å². The van der Waals surface area contributed by atoms with Crippen LogP contribution in [0.2, 0.25) is 0 Å². The van der Waals surface area contributed by atoms with Crippen LogP contribution in [0.3, 0.4) is 0 Å². The number of thiophene rings is 1. The number of piperazine rings is 1. The summed E-state index contributed by atoms with van der Waals surface area (Å²) >= 11 is 1.41. The summed E-state index contributed by atoms with van der Waals surface area (Å²) in [7, 11) is 0. The number of nitrogens with zero attached hydrogens (tertiary/aromatic N) is 2. The highest BCUT2D eigenvalue weighted by atomic mass is 32.1. The molecule has 1 aliphatic rings. The Morgan fingerprint density at radius 2 is 2.03 bits per heavy atom. The fourth-order valence-electron chi connectivity index (χ4n) is 3.55. The molecule has 0 aliphatic carbocycles. The monoisotopic (exact) mass is 417 g/mol. The zero-order valence-corrected chi connectivity index (χ0v) is 16.9. The lowest BCUT2D eigenvalue weighted by Gasteiger charge is -2.31. The molecular formula is C20H22FN4O3S+. The van der Waals surface area contributed by atoms with E-state index in [1.54, 1.807) is 24.0 Å². The summed E-state index contributed by atoms with van der Waals surface area (Å²) in [5.41, 5.74) is 1.37. The van der Waals surface area contributed by atoms with Gasteiger partial charge in [-0.3, -0.25) is 9.69 Å². The van der Waals surface area contributed by atoms with Crippen LogP contribution < -0.4 is 10.5 Å². The Labute approximate surface area is 170 Å². The largest absolute Gasteiger partial charge is 0.450 e. The van der Waals surface area contributed by atoms with E-state index in [4.69, 9.17) is 4.74 Å². The fourth-order valence-corrected chi connectivity index (χ4v) is 4.52. The van der Waals surface area contributed by atoms with Crippen LogP contribution >= 0.6 is 11.3 Å². The number of hydrogen-bond donors (Lipinski definition) is 2. The highest BCUT2D eigenvalue weighted by Gasteiger charge is 2.25. The molecule has 29 heavy (non-hydrogen) atoms. The van der Waals surface area contributed by atoms with Crippen molar-refractivity contribution in [3.8, 4) is 11.1 Å². The van der Waals surface area contributed by atoms with E-state index in [2.05, 4.69) is 9.97 Å². The molecule has 7 nitrogen and oxygen atoms in total. The van der Waals surface area contributed by atoms with Gasteiger partial charge in [0.25, 0.3) is 5.56 Å². The second-order valence-corrected chi connectivity index (χ2v) is 7.82. The van der Waals surface area contributed by atoms with Gasteiger partial charge in [-0.2, -0.15) is 0 Å². The highest BCUT2D eigenvalue weighted by Crippen LogP contribution is 2.30. The maximum atomic E-state index is 13.2. The normalized spacial score (nSPS) is 15.0. The van der Waals surface area contributed by atoms with E-state index in [0.29, 0.717) is 42.3 Å². The van der Waals surface area contributed by atoms with Crippen molar-refractivity contribution in [3.63, 3.8) is 0 Å². The number of aromatic nitrogens is 2. The number of quaternary nitrogens is 1. The second-order valence-electron chi connectivity index (χ2n) is 6.96. The molecule has 0 bridgehead atoms. The number of carbonyl (C=O) groups excluding carboxylic acids is 1. The Kier molecular flexibility index (Phi) is 5.59. The van der Waals surface area contributed by atoms with Gasteiger partial charge in [-0.25, -0.2) is 14.2 Å². The first-order chi connectivity index (χ1) is 14.0. The third-order valence-corrected chi connectivity index (χ3v) is 5.93. The molecule has 9 heteroatoms. The summed E-state index contributed by atoms with van der Waals surface area (Å²) in [4.78, 5) is 35.7. The van der Waals surface area contributed by atoms with Crippen molar-refractivity contribution in [3.05, 3.63) is 51.6 Å². The molecule has 1 fully saturated rings. The molecule has 3 aromatic rings. The molecular weight excluding hydrogens is 395 g/mol. The average Bonchev–Trinajstić information content (AvgIpc) is 3.14. The van der Waals surface area contributed by atoms with Crippen LogP contribution in [0.1, 0.15) is 12.7 Å². The Balaban J connectivity index is 1.50. The summed E-state index contributed by atoms with van der Waals surface area (Å²) < 4.78 is 18.2. The number of amides is 1. The molecule has 1 aliphatic heterocycles. The predicted molar refractivity (Wildman–Crippen MR) is 109 cm³/mol. The van der Waals surface area contributed by atoms with Crippen LogP contribution in [0.15, 0.2) is 34.4 Å². The summed E-state index contributed by atoms with van der Waals surface area (Å²) in [5.74, 6) is 0.322. The van der Waals surface area contributed by atoms with Gasteiger partial charge in [0, 0.05) is 10.9 Å². The summed E-state index contributed by atoms with van der Waals surface area (Å²) in [6.45, 7) is 5.54. The SMILES string of the molecule is CCOC(=O)N1CC[NH+](Cc2nc3scc(-c4ccc(F)cc4)c3c(=O)[nH]2)CC1. The first kappa shape index (κ1) is 19.5. The van der Waals surface area contributed by atoms with Crippen LogP contribution in [0, 0.1) is 5.82 Å². The third kappa shape index (κ3) is 4.15. The number of rotatable bonds is 4. The van der Waals surface area contributed by atoms with Gasteiger partial charge in [-0.05, 0) is 24.6 Å². The van der Waals surface area contributed by atoms with Crippen molar-refractivity contribution in [1.29, 1.82) is 0 Å². The Morgan fingerprint density at radius 1 is 1.31 bits per heavy atom. The van der Waals surface area contributed by atoms with Crippen molar-refractivity contribution in [2.24, 2.45) is 0 Å². The van der Waals surface area contributed by atoms with Gasteiger partial charge in [0.15, 0.2) is 5.82 Å². The number of ether oxygens (including phenoxy) is 1. The molecule has 0 saturated carbocycles. The minimum Gasteiger partial charge on any atom is -0.450 e. The van der Waals surface area contributed by atoms with Crippen molar-refractivity contribution in [1.82, 2.24) is 14.9 Å². The maximum absolute atomic E-state index is 13.2. The Morgan fingerprint density at radius 3 is 2.72 bits per heavy atom. The van der Waals surface area contributed by atoms with Gasteiger partial charge in [0.05, 0.1) is 38.2 Å². The van der Waals surface area contributed by atoms with E-state index < -0.39 is 0 Å². The van der Waals surface area contributed by atoms with Gasteiger partial charge in [0.1, 0.15) is 17.2 Å². The zero-order valence-electron chi connectivity index (χ0n) is 16.0. The first-order valence-electron chi connectivity index (χ1n) is 9.56. The van der Waals surface area contributed by atoms with Crippen molar-refractivity contribution in [2.45, 2.75) is 13.5 Å². The standard InChI is InChI=1S/C20H21FN4O3S/c1-2-28-20(27)25-9-7-24(8-10-25)11-16-22-18(26)17-15(12-29-19(17)23-16)13-3-5-14(21)6-4-13/h3-6,12H,2,7-11H2,1H3,(H,22,23,26)/p+1. The predicted octanol–water partition coefficient (Wildman–Crippen LogP) is 1.65. The molecule has 4 rings (SSSR count). The van der Waals surface area contributed by atoms with E-state index in [1.807, 2.05) is 5.38 Å². The molecule has 0 unspecified atom stereocenters. The molecule has 1 amide bonds. The highest BCUT2D eigenvalue weighted by molar-refractivity contribution is 7.17. The Hall–Kier alpha value is -2.78. The molecule has 2 aromatic heterocycles. The number of benzene rings is 1. The van der Waals surface area contributed by atoms with Gasteiger partial charge in [0.2, 0.25) is 0 Å². The van der Waals surface area contributed by atoms with Gasteiger partial charge in [-0.15, -0.1) is 11.3 Å². The summed E-state index contributed by atoms with van der Waals surface area (Å²) in [6, 6.07) is 6.09. The van der Waals surface area contributed by atoms with Crippen LogP contribution in [0.25, 0.3) is 21.3 Å². The molecule has 1 saturated heterocycles. The summed E-state index contributed by atoms with van der Waals surface area (Å²) in [6.07, 6.45) is -0.272. The lowest BCUT2D eigenvalue weighted by Crippen LogP contribution is -3.13. The molecule has 0 radical (unpaired) electrons. The molecule has 1 aromatic carbocycles. The van der Waals surface area contributed by atoms with Crippen LogP contribution in [0.4, 0.5) is 9.18 Å². The van der Waals surface area contributed by atoms with E-state index in [-0.39, 0.29) is 17.5 Å². The average molecular weight is 417 g/mol. The minimum atomic E-state index is -0.311. The van der Waals surface area contributed by atoms with E-state index in [0.717, 1.165) is 24.2 Å². The first-order valence-corrected chi connectivity index (χ1v) is 10.4. The van der Waals surface area contributed by atoms with E-state index in [9.17, 15) is 14.0 Å². The Bertz CT molecular complexity index is 1070. The minimum absolute atomic E-state index is 0.185. The van der Waals surface area contributed by atoms with Crippen LogP contribution in [-0.2, 0) is 11.3 Å². The maximum Gasteiger partial charge on any atom is 0.410 e. The number of H-pyrrole nitrogens is 1. The number of hydrogen-bond acceptors (Lipinski definition) is 5. The number of carbonyl (C=O) groups is 1. The van der Waals surface area contributed by atoms with Crippen LogP contribution in [0.5, 0.6) is 0 Å². The lowest BCUT2D eigenvalue weighted by molar-refractivity contribution is -0.918. The molecule has 2 N–H and O–H groups in total. The van der Waals surface area contributed by atoms with Gasteiger partial charge < -0.3 is 14.6 Å². The van der Waals surface area contributed by atoms with E-state index >= 15 is 0 Å². The van der Waals surface area contributed by atoms with Crippen LogP contribution in [-0.4, -0.2) is 53.7 Å². The number of aromatic amines is 1. The molecule has 3 heterocycles. The smallest absolute Gasteiger partial charge is 0.410 e. The lowest BCUT2D eigenvalue weighted by atomic mass is 10.1. The van der Waals surface area contributed by atoms with E-state index in [1.165, 1.54) is 28.4 Å². The molecule has 0 atom stereocenters. The van der Waals surface area contributed by atoms with Crippen molar-refractivity contribution < 1.29 is 18.8 Å².